The SMILES string of the molecule is COc1cccc(Nc2ccccc2C(=O)NCCC(C)N)c1. The molecule has 2 aromatic rings. The summed E-state index contributed by atoms with van der Waals surface area (Å²) in [4.78, 5) is 12.3. The van der Waals surface area contributed by atoms with Gasteiger partial charge in [0.1, 0.15) is 5.75 Å². The number of anilines is 2. The minimum Gasteiger partial charge on any atom is -0.497 e. The molecule has 1 unspecified atom stereocenters. The molecule has 122 valence electrons. The van der Waals surface area contributed by atoms with E-state index in [2.05, 4.69) is 10.6 Å². The molecule has 5 heteroatoms. The van der Waals surface area contributed by atoms with Gasteiger partial charge >= 0.3 is 0 Å². The zero-order valence-corrected chi connectivity index (χ0v) is 13.5. The Morgan fingerprint density at radius 2 is 2.00 bits per heavy atom. The molecule has 2 rings (SSSR count). The van der Waals surface area contributed by atoms with Gasteiger partial charge in [0.25, 0.3) is 5.91 Å². The van der Waals surface area contributed by atoms with Crippen molar-refractivity contribution in [2.75, 3.05) is 19.0 Å². The van der Waals surface area contributed by atoms with Crippen molar-refractivity contribution in [1.82, 2.24) is 5.32 Å². The van der Waals surface area contributed by atoms with Crippen molar-refractivity contribution in [3.63, 3.8) is 0 Å². The molecule has 5 nitrogen and oxygen atoms in total. The number of methoxy groups -OCH3 is 1. The van der Waals surface area contributed by atoms with E-state index in [0.717, 1.165) is 23.5 Å². The fraction of sp³-hybridized carbons (Fsp3) is 0.278. The quantitative estimate of drug-likeness (QED) is 0.734. The van der Waals surface area contributed by atoms with Gasteiger partial charge in [-0.05, 0) is 37.6 Å². The van der Waals surface area contributed by atoms with Gasteiger partial charge in [-0.15, -0.1) is 0 Å². The van der Waals surface area contributed by atoms with Gasteiger partial charge in [0.15, 0.2) is 0 Å². The second-order valence-corrected chi connectivity index (χ2v) is 5.42. The fourth-order valence-electron chi connectivity index (χ4n) is 2.16. The van der Waals surface area contributed by atoms with Crippen LogP contribution in [0.1, 0.15) is 23.7 Å². The Balaban J connectivity index is 2.11. The van der Waals surface area contributed by atoms with Crippen molar-refractivity contribution in [2.24, 2.45) is 5.73 Å². The van der Waals surface area contributed by atoms with Gasteiger partial charge in [-0.1, -0.05) is 18.2 Å². The van der Waals surface area contributed by atoms with Gasteiger partial charge in [0, 0.05) is 24.3 Å². The summed E-state index contributed by atoms with van der Waals surface area (Å²) in [6.45, 7) is 2.48. The van der Waals surface area contributed by atoms with Crippen molar-refractivity contribution in [1.29, 1.82) is 0 Å². The monoisotopic (exact) mass is 313 g/mol. The Hall–Kier alpha value is -2.53. The zero-order valence-electron chi connectivity index (χ0n) is 13.5. The number of carbonyl (C=O) groups excluding carboxylic acids is 1. The largest absolute Gasteiger partial charge is 0.497 e. The van der Waals surface area contributed by atoms with Gasteiger partial charge in [-0.3, -0.25) is 4.79 Å². The number of nitrogens with two attached hydrogens (primary N) is 1. The van der Waals surface area contributed by atoms with Gasteiger partial charge in [-0.25, -0.2) is 0 Å². The molecule has 0 fully saturated rings. The molecule has 23 heavy (non-hydrogen) atoms. The molecule has 1 atom stereocenters. The highest BCUT2D eigenvalue weighted by atomic mass is 16.5. The number of rotatable bonds is 7. The molecule has 0 aliphatic rings. The maximum absolute atomic E-state index is 12.3. The van der Waals surface area contributed by atoms with Crippen LogP contribution in [0.2, 0.25) is 0 Å². The second-order valence-electron chi connectivity index (χ2n) is 5.42. The van der Waals surface area contributed by atoms with E-state index in [-0.39, 0.29) is 11.9 Å². The Morgan fingerprint density at radius 3 is 2.74 bits per heavy atom. The topological polar surface area (TPSA) is 76.4 Å². The molecule has 0 aromatic heterocycles. The van der Waals surface area contributed by atoms with E-state index in [9.17, 15) is 4.79 Å². The number of benzene rings is 2. The van der Waals surface area contributed by atoms with E-state index < -0.39 is 0 Å². The van der Waals surface area contributed by atoms with E-state index in [1.807, 2.05) is 49.4 Å². The predicted octanol–water partition coefficient (Wildman–Crippen LogP) is 2.91. The van der Waals surface area contributed by atoms with Crippen LogP contribution >= 0.6 is 0 Å². The summed E-state index contributed by atoms with van der Waals surface area (Å²) in [7, 11) is 1.62. The normalized spacial score (nSPS) is 11.6. The molecule has 0 aliphatic heterocycles. The van der Waals surface area contributed by atoms with Gasteiger partial charge in [0.2, 0.25) is 0 Å². The van der Waals surface area contributed by atoms with Crippen molar-refractivity contribution >= 4 is 17.3 Å². The van der Waals surface area contributed by atoms with E-state index in [1.54, 1.807) is 13.2 Å². The number of hydrogen-bond donors (Lipinski definition) is 3. The first-order chi connectivity index (χ1) is 11.1. The smallest absolute Gasteiger partial charge is 0.253 e. The molecule has 0 spiro atoms. The Morgan fingerprint density at radius 1 is 1.22 bits per heavy atom. The van der Waals surface area contributed by atoms with Gasteiger partial charge in [-0.2, -0.15) is 0 Å². The highest BCUT2D eigenvalue weighted by Crippen LogP contribution is 2.23. The van der Waals surface area contributed by atoms with Crippen LogP contribution < -0.4 is 21.1 Å². The van der Waals surface area contributed by atoms with E-state index >= 15 is 0 Å². The van der Waals surface area contributed by atoms with Gasteiger partial charge < -0.3 is 21.1 Å². The molecule has 1 amide bonds. The molecule has 4 N–H and O–H groups in total. The second kappa shape index (κ2) is 8.19. The predicted molar refractivity (Wildman–Crippen MR) is 93.3 cm³/mol. The summed E-state index contributed by atoms with van der Waals surface area (Å²) in [5, 5.41) is 6.16. The summed E-state index contributed by atoms with van der Waals surface area (Å²) < 4.78 is 5.21. The first-order valence-corrected chi connectivity index (χ1v) is 7.64. The van der Waals surface area contributed by atoms with Crippen molar-refractivity contribution in [2.45, 2.75) is 19.4 Å². The third-order valence-electron chi connectivity index (χ3n) is 3.41. The van der Waals surface area contributed by atoms with E-state index in [4.69, 9.17) is 10.5 Å². The van der Waals surface area contributed by atoms with Crippen LogP contribution in [0.15, 0.2) is 48.5 Å². The maximum atomic E-state index is 12.3. The third kappa shape index (κ3) is 5.00. The number of ether oxygens (including phenoxy) is 1. The molecule has 0 radical (unpaired) electrons. The average molecular weight is 313 g/mol. The maximum Gasteiger partial charge on any atom is 0.253 e. The molecule has 0 aliphatic carbocycles. The van der Waals surface area contributed by atoms with Crippen LogP contribution in [0, 0.1) is 0 Å². The lowest BCUT2D eigenvalue weighted by molar-refractivity contribution is 0.0953. The molecule has 2 aromatic carbocycles. The summed E-state index contributed by atoms with van der Waals surface area (Å²) in [6.07, 6.45) is 0.747. The zero-order chi connectivity index (χ0) is 16.7. The highest BCUT2D eigenvalue weighted by molar-refractivity contribution is 6.00. The third-order valence-corrected chi connectivity index (χ3v) is 3.41. The Kier molecular flexibility index (Phi) is 6.00. The van der Waals surface area contributed by atoms with Crippen LogP contribution in [0.25, 0.3) is 0 Å². The summed E-state index contributed by atoms with van der Waals surface area (Å²) >= 11 is 0. The average Bonchev–Trinajstić information content (AvgIpc) is 2.55. The summed E-state index contributed by atoms with van der Waals surface area (Å²) in [6, 6.07) is 15.0. The Labute approximate surface area is 136 Å². The number of carbonyl (C=O) groups is 1. The highest BCUT2D eigenvalue weighted by Gasteiger charge is 2.11. The number of nitrogens with one attached hydrogen (secondary N) is 2. The van der Waals surface area contributed by atoms with Crippen LogP contribution in [0.5, 0.6) is 5.75 Å². The van der Waals surface area contributed by atoms with E-state index in [0.29, 0.717) is 12.1 Å². The van der Waals surface area contributed by atoms with Crippen molar-refractivity contribution < 1.29 is 9.53 Å². The van der Waals surface area contributed by atoms with Crippen LogP contribution in [-0.2, 0) is 0 Å². The van der Waals surface area contributed by atoms with Crippen LogP contribution in [0.3, 0.4) is 0 Å². The number of para-hydroxylation sites is 1. The van der Waals surface area contributed by atoms with Crippen LogP contribution in [0.4, 0.5) is 11.4 Å². The molecular formula is C18H23N3O2. The van der Waals surface area contributed by atoms with E-state index in [1.165, 1.54) is 0 Å². The summed E-state index contributed by atoms with van der Waals surface area (Å²) in [5.74, 6) is 0.644. The standard InChI is InChI=1S/C18H23N3O2/c1-13(19)10-11-20-18(22)16-8-3-4-9-17(16)21-14-6-5-7-15(12-14)23-2/h3-9,12-13,21H,10-11,19H2,1-2H3,(H,20,22). The molecule has 0 heterocycles. The van der Waals surface area contributed by atoms with Gasteiger partial charge in [0.05, 0.1) is 18.4 Å². The molecule has 0 bridgehead atoms. The summed E-state index contributed by atoms with van der Waals surface area (Å²) in [5.41, 5.74) is 7.91. The number of hydrogen-bond acceptors (Lipinski definition) is 4. The molecular weight excluding hydrogens is 290 g/mol. The molecule has 0 saturated carbocycles. The lowest BCUT2D eigenvalue weighted by Crippen LogP contribution is -2.29. The first-order valence-electron chi connectivity index (χ1n) is 7.64. The number of amides is 1. The van der Waals surface area contributed by atoms with Crippen molar-refractivity contribution in [3.05, 3.63) is 54.1 Å². The minimum absolute atomic E-state index is 0.0699. The molecule has 0 saturated heterocycles. The fourth-order valence-corrected chi connectivity index (χ4v) is 2.16. The Bertz CT molecular complexity index is 656. The first kappa shape index (κ1) is 16.8. The van der Waals surface area contributed by atoms with Crippen LogP contribution in [-0.4, -0.2) is 25.6 Å². The minimum atomic E-state index is -0.114. The lowest BCUT2D eigenvalue weighted by Gasteiger charge is -2.13. The lowest BCUT2D eigenvalue weighted by atomic mass is 10.1. The van der Waals surface area contributed by atoms with Crippen molar-refractivity contribution in [3.8, 4) is 5.75 Å².